The first-order valence-electron chi connectivity index (χ1n) is 8.54. The fraction of sp³-hybridized carbons (Fsp3) is 0.300. The maximum absolute atomic E-state index is 12.1. The van der Waals surface area contributed by atoms with Gasteiger partial charge in [0, 0.05) is 28.8 Å². The van der Waals surface area contributed by atoms with Crippen LogP contribution >= 0.6 is 23.4 Å². The zero-order valence-corrected chi connectivity index (χ0v) is 15.9. The standard InChI is InChI=1S/C20H20ClNO3S/c21-17-7-9-18(10-8-17)26-14-15-3-5-16(6-4-15)20(24)25-13-19(23)22-11-1-2-12-22/h3-10H,1-2,11-14H2. The van der Waals surface area contributed by atoms with Gasteiger partial charge in [0.1, 0.15) is 0 Å². The number of carbonyl (C=O) groups excluding carboxylic acids is 2. The lowest BCUT2D eigenvalue weighted by atomic mass is 10.1. The fourth-order valence-electron chi connectivity index (χ4n) is 2.70. The molecular weight excluding hydrogens is 370 g/mol. The van der Waals surface area contributed by atoms with Gasteiger partial charge < -0.3 is 9.64 Å². The number of nitrogens with zero attached hydrogens (tertiary/aromatic N) is 1. The highest BCUT2D eigenvalue weighted by atomic mass is 35.5. The highest BCUT2D eigenvalue weighted by Crippen LogP contribution is 2.24. The molecule has 1 fully saturated rings. The van der Waals surface area contributed by atoms with Crippen LogP contribution in [0.15, 0.2) is 53.4 Å². The highest BCUT2D eigenvalue weighted by Gasteiger charge is 2.19. The van der Waals surface area contributed by atoms with Gasteiger partial charge in [-0.3, -0.25) is 4.79 Å². The topological polar surface area (TPSA) is 46.6 Å². The maximum Gasteiger partial charge on any atom is 0.338 e. The Labute approximate surface area is 162 Å². The maximum atomic E-state index is 12.1. The largest absolute Gasteiger partial charge is 0.452 e. The summed E-state index contributed by atoms with van der Waals surface area (Å²) in [5.74, 6) is 0.214. The minimum absolute atomic E-state index is 0.119. The number of ether oxygens (including phenoxy) is 1. The third-order valence-electron chi connectivity index (χ3n) is 4.19. The van der Waals surface area contributed by atoms with Crippen molar-refractivity contribution in [3.05, 3.63) is 64.7 Å². The summed E-state index contributed by atoms with van der Waals surface area (Å²) in [5.41, 5.74) is 1.56. The van der Waals surface area contributed by atoms with Crippen molar-refractivity contribution in [3.8, 4) is 0 Å². The van der Waals surface area contributed by atoms with Crippen LogP contribution < -0.4 is 0 Å². The molecule has 0 spiro atoms. The normalized spacial score (nSPS) is 13.7. The zero-order chi connectivity index (χ0) is 18.4. The van der Waals surface area contributed by atoms with Gasteiger partial charge in [-0.05, 0) is 54.8 Å². The molecule has 4 nitrogen and oxygen atoms in total. The summed E-state index contributed by atoms with van der Waals surface area (Å²) in [6.07, 6.45) is 2.05. The molecule has 0 atom stereocenters. The minimum atomic E-state index is -0.463. The van der Waals surface area contributed by atoms with Gasteiger partial charge in [0.15, 0.2) is 6.61 Å². The number of rotatable bonds is 6. The molecule has 3 rings (SSSR count). The van der Waals surface area contributed by atoms with Gasteiger partial charge in [-0.1, -0.05) is 23.7 Å². The summed E-state index contributed by atoms with van der Waals surface area (Å²) < 4.78 is 5.13. The number of benzene rings is 2. The second-order valence-corrected chi connectivity index (χ2v) is 7.59. The van der Waals surface area contributed by atoms with Gasteiger partial charge in [-0.15, -0.1) is 11.8 Å². The molecule has 0 aromatic heterocycles. The number of carbonyl (C=O) groups is 2. The molecule has 6 heteroatoms. The SMILES string of the molecule is O=C(OCC(=O)N1CCCC1)c1ccc(CSc2ccc(Cl)cc2)cc1. The van der Waals surface area contributed by atoms with Crippen molar-refractivity contribution in [1.82, 2.24) is 4.90 Å². The Bertz CT molecular complexity index is 756. The Morgan fingerprint density at radius 3 is 2.31 bits per heavy atom. The number of thioether (sulfide) groups is 1. The van der Waals surface area contributed by atoms with Crippen LogP contribution in [0.3, 0.4) is 0 Å². The van der Waals surface area contributed by atoms with Crippen molar-refractivity contribution in [3.63, 3.8) is 0 Å². The smallest absolute Gasteiger partial charge is 0.338 e. The van der Waals surface area contributed by atoms with E-state index in [9.17, 15) is 9.59 Å². The first-order valence-corrected chi connectivity index (χ1v) is 9.90. The Balaban J connectivity index is 1.47. The van der Waals surface area contributed by atoms with E-state index in [1.54, 1.807) is 28.8 Å². The lowest BCUT2D eigenvalue weighted by Gasteiger charge is -2.14. The van der Waals surface area contributed by atoms with Crippen LogP contribution in [0.2, 0.25) is 5.02 Å². The highest BCUT2D eigenvalue weighted by molar-refractivity contribution is 7.98. The van der Waals surface area contributed by atoms with E-state index in [2.05, 4.69) is 0 Å². The lowest BCUT2D eigenvalue weighted by Crippen LogP contribution is -2.32. The molecule has 2 aromatic rings. The van der Waals surface area contributed by atoms with Crippen LogP contribution in [0.1, 0.15) is 28.8 Å². The molecule has 1 saturated heterocycles. The number of hydrogen-bond acceptors (Lipinski definition) is 4. The van der Waals surface area contributed by atoms with Crippen molar-refractivity contribution in [2.75, 3.05) is 19.7 Å². The van der Waals surface area contributed by atoms with Crippen LogP contribution in [-0.4, -0.2) is 36.5 Å². The average molecular weight is 390 g/mol. The quantitative estimate of drug-likeness (QED) is 0.542. The first kappa shape index (κ1) is 18.8. The van der Waals surface area contributed by atoms with Crippen LogP contribution in [0.4, 0.5) is 0 Å². The van der Waals surface area contributed by atoms with E-state index in [-0.39, 0.29) is 12.5 Å². The summed E-state index contributed by atoms with van der Waals surface area (Å²) in [6.45, 7) is 1.33. The number of halogens is 1. The number of esters is 1. The van der Waals surface area contributed by atoms with Gasteiger partial charge in [-0.2, -0.15) is 0 Å². The summed E-state index contributed by atoms with van der Waals surface area (Å²) >= 11 is 7.58. The van der Waals surface area contributed by atoms with Crippen LogP contribution in [0.5, 0.6) is 0 Å². The van der Waals surface area contributed by atoms with E-state index in [0.717, 1.165) is 47.2 Å². The van der Waals surface area contributed by atoms with Gasteiger partial charge in [0.2, 0.25) is 0 Å². The second kappa shape index (κ2) is 9.10. The molecule has 0 saturated carbocycles. The van der Waals surface area contributed by atoms with E-state index in [1.165, 1.54) is 0 Å². The van der Waals surface area contributed by atoms with Gasteiger partial charge in [0.05, 0.1) is 5.56 Å². The van der Waals surface area contributed by atoms with E-state index >= 15 is 0 Å². The lowest BCUT2D eigenvalue weighted by molar-refractivity contribution is -0.133. The van der Waals surface area contributed by atoms with Crippen molar-refractivity contribution in [2.24, 2.45) is 0 Å². The molecule has 0 N–H and O–H groups in total. The van der Waals surface area contributed by atoms with Crippen LogP contribution in [0.25, 0.3) is 0 Å². The molecule has 2 aromatic carbocycles. The monoisotopic (exact) mass is 389 g/mol. The van der Waals surface area contributed by atoms with Crippen molar-refractivity contribution in [1.29, 1.82) is 0 Å². The molecule has 0 radical (unpaired) electrons. The van der Waals surface area contributed by atoms with Crippen LogP contribution in [-0.2, 0) is 15.3 Å². The Hall–Kier alpha value is -1.98. The summed E-state index contributed by atoms with van der Waals surface area (Å²) in [7, 11) is 0. The number of likely N-dealkylation sites (tertiary alicyclic amines) is 1. The molecular formula is C20H20ClNO3S. The second-order valence-electron chi connectivity index (χ2n) is 6.10. The molecule has 136 valence electrons. The average Bonchev–Trinajstić information content (AvgIpc) is 3.21. The minimum Gasteiger partial charge on any atom is -0.452 e. The Morgan fingerprint density at radius 1 is 1.00 bits per heavy atom. The molecule has 1 heterocycles. The van der Waals surface area contributed by atoms with E-state index in [1.807, 2.05) is 36.4 Å². The third-order valence-corrected chi connectivity index (χ3v) is 5.53. The molecule has 0 bridgehead atoms. The number of amides is 1. The van der Waals surface area contributed by atoms with E-state index in [0.29, 0.717) is 5.56 Å². The first-order chi connectivity index (χ1) is 12.6. The van der Waals surface area contributed by atoms with Gasteiger partial charge >= 0.3 is 5.97 Å². The molecule has 0 aliphatic carbocycles. The molecule has 1 amide bonds. The summed E-state index contributed by atoms with van der Waals surface area (Å²) in [4.78, 5) is 26.9. The fourth-order valence-corrected chi connectivity index (χ4v) is 3.68. The number of hydrogen-bond donors (Lipinski definition) is 0. The summed E-state index contributed by atoms with van der Waals surface area (Å²) in [5, 5.41) is 0.723. The molecule has 1 aliphatic heterocycles. The zero-order valence-electron chi connectivity index (χ0n) is 14.3. The van der Waals surface area contributed by atoms with Gasteiger partial charge in [-0.25, -0.2) is 4.79 Å². The van der Waals surface area contributed by atoms with Crippen molar-refractivity contribution >= 4 is 35.2 Å². The van der Waals surface area contributed by atoms with Crippen LogP contribution in [0, 0.1) is 0 Å². The van der Waals surface area contributed by atoms with E-state index < -0.39 is 5.97 Å². The molecule has 1 aliphatic rings. The predicted molar refractivity (Wildman–Crippen MR) is 104 cm³/mol. The summed E-state index contributed by atoms with van der Waals surface area (Å²) in [6, 6.07) is 15.0. The molecule has 0 unspecified atom stereocenters. The van der Waals surface area contributed by atoms with Crippen molar-refractivity contribution < 1.29 is 14.3 Å². The van der Waals surface area contributed by atoms with E-state index in [4.69, 9.17) is 16.3 Å². The Morgan fingerprint density at radius 2 is 1.65 bits per heavy atom. The van der Waals surface area contributed by atoms with Gasteiger partial charge in [0.25, 0.3) is 5.91 Å². The molecule has 26 heavy (non-hydrogen) atoms. The predicted octanol–water partition coefficient (Wildman–Crippen LogP) is 4.41. The Kier molecular flexibility index (Phi) is 6.58. The third kappa shape index (κ3) is 5.26. The van der Waals surface area contributed by atoms with Crippen molar-refractivity contribution in [2.45, 2.75) is 23.5 Å².